The Bertz CT molecular complexity index is 1340. The number of rotatable bonds is 5. The van der Waals surface area contributed by atoms with E-state index in [0.717, 1.165) is 5.56 Å². The molecule has 0 fully saturated rings. The lowest BCUT2D eigenvalue weighted by molar-refractivity contribution is -0.182. The summed E-state index contributed by atoms with van der Waals surface area (Å²) >= 11 is 0. The minimum absolute atomic E-state index is 0.0303. The molecule has 0 unspecified atom stereocenters. The molecule has 4 heterocycles. The van der Waals surface area contributed by atoms with Gasteiger partial charge in [0.05, 0.1) is 18.2 Å². The lowest BCUT2D eigenvalue weighted by Gasteiger charge is -2.24. The lowest BCUT2D eigenvalue weighted by Crippen LogP contribution is -2.32. The molecular weight excluding hydrogens is 447 g/mol. The van der Waals surface area contributed by atoms with Gasteiger partial charge in [0.1, 0.15) is 11.5 Å². The predicted octanol–water partition coefficient (Wildman–Crippen LogP) is 3.60. The van der Waals surface area contributed by atoms with Gasteiger partial charge >= 0.3 is 6.18 Å². The number of imidazole rings is 1. The van der Waals surface area contributed by atoms with Crippen molar-refractivity contribution < 1.29 is 18.0 Å². The van der Waals surface area contributed by atoms with Crippen LogP contribution in [0.15, 0.2) is 42.7 Å². The number of hydrogen-bond donors (Lipinski definition) is 1. The van der Waals surface area contributed by atoms with Crippen LogP contribution in [-0.4, -0.2) is 41.2 Å². The van der Waals surface area contributed by atoms with Gasteiger partial charge < -0.3 is 5.32 Å². The molecule has 8 nitrogen and oxygen atoms in total. The molecule has 1 amide bonds. The van der Waals surface area contributed by atoms with Gasteiger partial charge in [-0.05, 0) is 24.5 Å². The van der Waals surface area contributed by atoms with Crippen molar-refractivity contribution in [1.29, 1.82) is 0 Å². The smallest absolute Gasteiger partial charge is 0.347 e. The maximum Gasteiger partial charge on any atom is 0.393 e. The number of halogens is 3. The summed E-state index contributed by atoms with van der Waals surface area (Å²) in [6, 6.07) is 9.03. The number of benzene rings is 1. The van der Waals surface area contributed by atoms with Crippen LogP contribution in [0.3, 0.4) is 0 Å². The molecule has 0 saturated heterocycles. The van der Waals surface area contributed by atoms with Crippen molar-refractivity contribution in [1.82, 2.24) is 34.4 Å². The summed E-state index contributed by atoms with van der Waals surface area (Å²) in [6.45, 7) is 2.03. The summed E-state index contributed by atoms with van der Waals surface area (Å²) < 4.78 is 42.2. The van der Waals surface area contributed by atoms with Gasteiger partial charge in [0.15, 0.2) is 5.82 Å². The van der Waals surface area contributed by atoms with Gasteiger partial charge in [-0.15, -0.1) is 0 Å². The quantitative estimate of drug-likeness (QED) is 0.482. The van der Waals surface area contributed by atoms with Gasteiger partial charge in [-0.1, -0.05) is 31.2 Å². The van der Waals surface area contributed by atoms with Gasteiger partial charge in [-0.3, -0.25) is 9.20 Å². The van der Waals surface area contributed by atoms with E-state index in [1.54, 1.807) is 35.0 Å². The standard InChI is InChI=1S/C23H22F3N7O/c1-2-17-19(32-11-3-10-27-22(32)29-17)21(34)28-12-14-4-6-15(7-5-14)20-30-18-9-8-16(23(24,25)26)13-33(18)31-20/h3-7,10-11,16H,2,8-9,12-13H2,1H3,(H,28,34)/t16-/m1/s1. The molecule has 0 saturated carbocycles. The monoisotopic (exact) mass is 469 g/mol. The van der Waals surface area contributed by atoms with E-state index >= 15 is 0 Å². The van der Waals surface area contributed by atoms with Crippen molar-refractivity contribution in [3.8, 4) is 11.4 Å². The minimum atomic E-state index is -4.23. The topological polar surface area (TPSA) is 90.0 Å². The second-order valence-corrected chi connectivity index (χ2v) is 8.24. The molecule has 11 heteroatoms. The molecule has 0 radical (unpaired) electrons. The third-order valence-electron chi connectivity index (χ3n) is 6.01. The van der Waals surface area contributed by atoms with Crippen LogP contribution in [0.5, 0.6) is 0 Å². The average Bonchev–Trinajstić information content (AvgIpc) is 3.43. The van der Waals surface area contributed by atoms with E-state index < -0.39 is 12.1 Å². The zero-order valence-corrected chi connectivity index (χ0v) is 18.4. The molecule has 1 aliphatic rings. The average molecular weight is 469 g/mol. The van der Waals surface area contributed by atoms with E-state index in [1.807, 2.05) is 19.1 Å². The molecule has 176 valence electrons. The predicted molar refractivity (Wildman–Crippen MR) is 117 cm³/mol. The van der Waals surface area contributed by atoms with Crippen molar-refractivity contribution >= 4 is 11.7 Å². The van der Waals surface area contributed by atoms with Crippen LogP contribution in [-0.2, 0) is 25.9 Å². The zero-order valence-electron chi connectivity index (χ0n) is 18.4. The third kappa shape index (κ3) is 4.13. The second kappa shape index (κ2) is 8.54. The fourth-order valence-electron chi connectivity index (χ4n) is 4.16. The SMILES string of the molecule is CCc1nc2ncccn2c1C(=O)NCc1ccc(-c2nc3n(n2)C[C@H](C(F)(F)F)CC3)cc1. The van der Waals surface area contributed by atoms with Crippen LogP contribution in [0.1, 0.15) is 40.9 Å². The molecule has 1 aliphatic heterocycles. The Hall–Kier alpha value is -3.76. The fraction of sp³-hybridized carbons (Fsp3) is 0.348. The van der Waals surface area contributed by atoms with Crippen LogP contribution in [0.25, 0.3) is 17.2 Å². The zero-order chi connectivity index (χ0) is 23.9. The number of carbonyl (C=O) groups excluding carboxylic acids is 1. The Balaban J connectivity index is 1.27. The summed E-state index contributed by atoms with van der Waals surface area (Å²) in [5, 5.41) is 7.21. The van der Waals surface area contributed by atoms with Crippen LogP contribution in [0, 0.1) is 5.92 Å². The third-order valence-corrected chi connectivity index (χ3v) is 6.01. The summed E-state index contributed by atoms with van der Waals surface area (Å²) in [5.41, 5.74) is 2.71. The van der Waals surface area contributed by atoms with Gasteiger partial charge in [0, 0.05) is 30.9 Å². The molecule has 1 aromatic carbocycles. The lowest BCUT2D eigenvalue weighted by atomic mass is 9.99. The Morgan fingerprint density at radius 3 is 2.74 bits per heavy atom. The van der Waals surface area contributed by atoms with Gasteiger partial charge in [-0.25, -0.2) is 19.6 Å². The van der Waals surface area contributed by atoms with Gasteiger partial charge in [-0.2, -0.15) is 18.3 Å². The second-order valence-electron chi connectivity index (χ2n) is 8.24. The first kappa shape index (κ1) is 22.1. The largest absolute Gasteiger partial charge is 0.393 e. The molecular formula is C23H22F3N7O. The Morgan fingerprint density at radius 2 is 2.00 bits per heavy atom. The van der Waals surface area contributed by atoms with Crippen LogP contribution in [0.4, 0.5) is 13.2 Å². The number of alkyl halides is 3. The van der Waals surface area contributed by atoms with E-state index in [9.17, 15) is 18.0 Å². The fourth-order valence-corrected chi connectivity index (χ4v) is 4.16. The number of aromatic nitrogens is 6. The summed E-state index contributed by atoms with van der Waals surface area (Å²) in [6.07, 6.45) is 0.0414. The number of amides is 1. The first-order chi connectivity index (χ1) is 16.3. The molecule has 5 rings (SSSR count). The highest BCUT2D eigenvalue weighted by Gasteiger charge is 2.42. The van der Waals surface area contributed by atoms with E-state index in [0.29, 0.717) is 47.3 Å². The molecule has 0 aliphatic carbocycles. The number of aryl methyl sites for hydroxylation is 2. The van der Waals surface area contributed by atoms with Crippen molar-refractivity contribution in [2.45, 2.75) is 45.5 Å². The normalized spacial score (nSPS) is 15.9. The van der Waals surface area contributed by atoms with Crippen molar-refractivity contribution in [3.63, 3.8) is 0 Å². The van der Waals surface area contributed by atoms with Crippen LogP contribution < -0.4 is 5.32 Å². The molecule has 3 aromatic heterocycles. The Kier molecular flexibility index (Phi) is 5.54. The minimum Gasteiger partial charge on any atom is -0.347 e. The molecule has 34 heavy (non-hydrogen) atoms. The highest BCUT2D eigenvalue weighted by Crippen LogP contribution is 2.34. The summed E-state index contributed by atoms with van der Waals surface area (Å²) in [4.78, 5) is 25.9. The number of nitrogens with zero attached hydrogens (tertiary/aromatic N) is 6. The summed E-state index contributed by atoms with van der Waals surface area (Å²) in [7, 11) is 0. The highest BCUT2D eigenvalue weighted by atomic mass is 19.4. The maximum atomic E-state index is 13.0. The molecule has 1 N–H and O–H groups in total. The van der Waals surface area contributed by atoms with Crippen LogP contribution >= 0.6 is 0 Å². The molecule has 0 bridgehead atoms. The van der Waals surface area contributed by atoms with Crippen molar-refractivity contribution in [2.24, 2.45) is 5.92 Å². The van der Waals surface area contributed by atoms with Gasteiger partial charge in [0.25, 0.3) is 5.91 Å². The van der Waals surface area contributed by atoms with Crippen LogP contribution in [0.2, 0.25) is 0 Å². The highest BCUT2D eigenvalue weighted by molar-refractivity contribution is 5.94. The first-order valence-electron chi connectivity index (χ1n) is 11.0. The number of fused-ring (bicyclic) bond motifs is 2. The molecule has 0 spiro atoms. The van der Waals surface area contributed by atoms with E-state index in [4.69, 9.17) is 0 Å². The number of carbonyl (C=O) groups is 1. The van der Waals surface area contributed by atoms with E-state index in [1.165, 1.54) is 4.68 Å². The Morgan fingerprint density at radius 1 is 1.21 bits per heavy atom. The first-order valence-corrected chi connectivity index (χ1v) is 11.0. The molecule has 4 aromatic rings. The van der Waals surface area contributed by atoms with E-state index in [-0.39, 0.29) is 25.3 Å². The molecule has 1 atom stereocenters. The Labute approximate surface area is 192 Å². The van der Waals surface area contributed by atoms with Gasteiger partial charge in [0.2, 0.25) is 5.78 Å². The maximum absolute atomic E-state index is 13.0. The van der Waals surface area contributed by atoms with E-state index in [2.05, 4.69) is 25.4 Å². The van der Waals surface area contributed by atoms with Crippen molar-refractivity contribution in [2.75, 3.05) is 0 Å². The van der Waals surface area contributed by atoms with Crippen molar-refractivity contribution in [3.05, 3.63) is 65.5 Å². The number of nitrogens with one attached hydrogen (secondary N) is 1. The summed E-state index contributed by atoms with van der Waals surface area (Å²) in [5.74, 6) is -0.187. The number of hydrogen-bond acceptors (Lipinski definition) is 5.